The van der Waals surface area contributed by atoms with Crippen LogP contribution in [0.4, 0.5) is 0 Å². The molecule has 106 valence electrons. The van der Waals surface area contributed by atoms with E-state index in [-0.39, 0.29) is 11.8 Å². The van der Waals surface area contributed by atoms with Crippen molar-refractivity contribution in [3.05, 3.63) is 29.8 Å². The molecular weight excluding hydrogens is 266 g/mol. The van der Waals surface area contributed by atoms with Crippen LogP contribution >= 0.6 is 0 Å². The third kappa shape index (κ3) is 3.46. The number of ether oxygens (including phenoxy) is 1. The second-order valence-electron chi connectivity index (χ2n) is 4.97. The molecule has 1 aromatic carbocycles. The summed E-state index contributed by atoms with van der Waals surface area (Å²) in [5.74, 6) is 0.775. The molecule has 1 aliphatic rings. The molecule has 1 aromatic rings. The first-order valence-corrected chi connectivity index (χ1v) is 8.22. The first-order chi connectivity index (χ1) is 8.88. The van der Waals surface area contributed by atoms with Crippen molar-refractivity contribution < 1.29 is 18.3 Å². The van der Waals surface area contributed by atoms with Gasteiger partial charge in [-0.05, 0) is 13.1 Å². The van der Waals surface area contributed by atoms with Crippen LogP contribution in [0.2, 0.25) is 0 Å². The van der Waals surface area contributed by atoms with E-state index in [1.165, 1.54) is 6.26 Å². The fraction of sp³-hybridized carbons (Fsp3) is 0.538. The van der Waals surface area contributed by atoms with Gasteiger partial charge < -0.3 is 9.84 Å². The van der Waals surface area contributed by atoms with Gasteiger partial charge in [0.1, 0.15) is 28.3 Å². The standard InChI is InChI=1S/C13H19NO4S/c1-14(7-8-19(2,16)17)11-9-18-12-6-4-3-5-10(12)13(11)15/h3-6,11,13,15H,7-9H2,1-2H3. The lowest BCUT2D eigenvalue weighted by atomic mass is 9.98. The molecule has 0 saturated carbocycles. The molecule has 2 unspecified atom stereocenters. The second-order valence-corrected chi connectivity index (χ2v) is 7.23. The normalized spacial score (nSPS) is 22.9. The van der Waals surface area contributed by atoms with E-state index in [4.69, 9.17) is 4.74 Å². The molecule has 0 amide bonds. The van der Waals surface area contributed by atoms with Gasteiger partial charge in [-0.15, -0.1) is 0 Å². The highest BCUT2D eigenvalue weighted by Gasteiger charge is 2.32. The number of para-hydroxylation sites is 1. The highest BCUT2D eigenvalue weighted by Crippen LogP contribution is 2.33. The molecule has 0 spiro atoms. The van der Waals surface area contributed by atoms with Gasteiger partial charge in [-0.2, -0.15) is 0 Å². The molecule has 2 atom stereocenters. The second kappa shape index (κ2) is 5.48. The van der Waals surface area contributed by atoms with Gasteiger partial charge in [0.05, 0.1) is 11.8 Å². The molecule has 0 aromatic heterocycles. The Morgan fingerprint density at radius 2 is 2.11 bits per heavy atom. The zero-order valence-corrected chi connectivity index (χ0v) is 11.9. The molecule has 1 heterocycles. The Bertz CT molecular complexity index is 543. The number of nitrogens with zero attached hydrogens (tertiary/aromatic N) is 1. The van der Waals surface area contributed by atoms with Gasteiger partial charge in [0.15, 0.2) is 0 Å². The van der Waals surface area contributed by atoms with E-state index >= 15 is 0 Å². The first kappa shape index (κ1) is 14.3. The van der Waals surface area contributed by atoms with Crippen LogP contribution in [0.25, 0.3) is 0 Å². The first-order valence-electron chi connectivity index (χ1n) is 6.16. The average molecular weight is 285 g/mol. The molecular formula is C13H19NO4S. The molecule has 1 aliphatic heterocycles. The van der Waals surface area contributed by atoms with Crippen molar-refractivity contribution in [1.29, 1.82) is 0 Å². The van der Waals surface area contributed by atoms with Crippen LogP contribution in [0.3, 0.4) is 0 Å². The van der Waals surface area contributed by atoms with E-state index in [0.717, 1.165) is 5.56 Å². The number of aliphatic hydroxyl groups excluding tert-OH is 1. The maximum Gasteiger partial charge on any atom is 0.148 e. The van der Waals surface area contributed by atoms with Gasteiger partial charge in [-0.25, -0.2) is 8.42 Å². The average Bonchev–Trinajstić information content (AvgIpc) is 2.36. The molecule has 0 radical (unpaired) electrons. The Kier molecular flexibility index (Phi) is 4.13. The van der Waals surface area contributed by atoms with E-state index < -0.39 is 15.9 Å². The fourth-order valence-corrected chi connectivity index (χ4v) is 2.79. The van der Waals surface area contributed by atoms with Crippen molar-refractivity contribution in [2.24, 2.45) is 0 Å². The third-order valence-corrected chi connectivity index (χ3v) is 4.32. The van der Waals surface area contributed by atoms with Gasteiger partial charge in [-0.1, -0.05) is 18.2 Å². The van der Waals surface area contributed by atoms with E-state index in [1.54, 1.807) is 7.05 Å². The molecule has 5 nitrogen and oxygen atoms in total. The molecule has 6 heteroatoms. The maximum absolute atomic E-state index is 11.2. The minimum Gasteiger partial charge on any atom is -0.491 e. The summed E-state index contributed by atoms with van der Waals surface area (Å²) in [6, 6.07) is 7.14. The van der Waals surface area contributed by atoms with Crippen LogP contribution < -0.4 is 4.74 Å². The van der Waals surface area contributed by atoms with E-state index in [1.807, 2.05) is 29.2 Å². The van der Waals surface area contributed by atoms with Crippen molar-refractivity contribution >= 4 is 9.84 Å². The van der Waals surface area contributed by atoms with Crippen LogP contribution in [0.1, 0.15) is 11.7 Å². The number of likely N-dealkylation sites (N-methyl/N-ethyl adjacent to an activating group) is 1. The van der Waals surface area contributed by atoms with Crippen LogP contribution in [0.15, 0.2) is 24.3 Å². The summed E-state index contributed by atoms with van der Waals surface area (Å²) in [7, 11) is -1.20. The fourth-order valence-electron chi connectivity index (χ4n) is 2.17. The molecule has 0 aliphatic carbocycles. The Morgan fingerprint density at radius 1 is 1.42 bits per heavy atom. The largest absolute Gasteiger partial charge is 0.491 e. The van der Waals surface area contributed by atoms with Crippen molar-refractivity contribution in [3.63, 3.8) is 0 Å². The minimum atomic E-state index is -3.00. The van der Waals surface area contributed by atoms with Gasteiger partial charge in [0.2, 0.25) is 0 Å². The predicted molar refractivity (Wildman–Crippen MR) is 73.0 cm³/mol. The number of rotatable bonds is 4. The maximum atomic E-state index is 11.2. The van der Waals surface area contributed by atoms with Crippen LogP contribution in [-0.4, -0.2) is 56.7 Å². The zero-order chi connectivity index (χ0) is 14.0. The number of aliphatic hydroxyl groups is 1. The van der Waals surface area contributed by atoms with Crippen LogP contribution in [0.5, 0.6) is 5.75 Å². The van der Waals surface area contributed by atoms with Gasteiger partial charge in [0, 0.05) is 18.4 Å². The lowest BCUT2D eigenvalue weighted by Gasteiger charge is -2.36. The van der Waals surface area contributed by atoms with Gasteiger partial charge >= 0.3 is 0 Å². The third-order valence-electron chi connectivity index (χ3n) is 3.39. The zero-order valence-electron chi connectivity index (χ0n) is 11.1. The predicted octanol–water partition coefficient (Wildman–Crippen LogP) is 0.457. The molecule has 0 saturated heterocycles. The summed E-state index contributed by atoms with van der Waals surface area (Å²) in [4.78, 5) is 1.83. The Hall–Kier alpha value is -1.11. The van der Waals surface area contributed by atoms with E-state index in [2.05, 4.69) is 0 Å². The monoisotopic (exact) mass is 285 g/mol. The number of benzene rings is 1. The highest BCUT2D eigenvalue weighted by atomic mass is 32.2. The smallest absolute Gasteiger partial charge is 0.148 e. The number of hydrogen-bond donors (Lipinski definition) is 1. The lowest BCUT2D eigenvalue weighted by Crippen LogP contribution is -2.45. The van der Waals surface area contributed by atoms with E-state index in [9.17, 15) is 13.5 Å². The van der Waals surface area contributed by atoms with Gasteiger partial charge in [-0.3, -0.25) is 4.90 Å². The molecule has 2 rings (SSSR count). The topological polar surface area (TPSA) is 66.8 Å². The highest BCUT2D eigenvalue weighted by molar-refractivity contribution is 7.90. The SMILES string of the molecule is CN(CCS(C)(=O)=O)C1COc2ccccc2C1O. The van der Waals surface area contributed by atoms with Crippen molar-refractivity contribution in [2.75, 3.05) is 32.2 Å². The Balaban J connectivity index is 2.07. The van der Waals surface area contributed by atoms with E-state index in [0.29, 0.717) is 18.9 Å². The molecule has 19 heavy (non-hydrogen) atoms. The molecule has 0 fully saturated rings. The summed E-state index contributed by atoms with van der Waals surface area (Å²) in [5.41, 5.74) is 0.755. The summed E-state index contributed by atoms with van der Waals surface area (Å²) in [5, 5.41) is 10.3. The number of fused-ring (bicyclic) bond motifs is 1. The van der Waals surface area contributed by atoms with Gasteiger partial charge in [0.25, 0.3) is 0 Å². The Labute approximate surface area is 113 Å². The van der Waals surface area contributed by atoms with Crippen molar-refractivity contribution in [1.82, 2.24) is 4.90 Å². The summed E-state index contributed by atoms with van der Waals surface area (Å²) in [6.45, 7) is 0.741. The summed E-state index contributed by atoms with van der Waals surface area (Å²) < 4.78 is 28.0. The van der Waals surface area contributed by atoms with Crippen LogP contribution in [0, 0.1) is 0 Å². The number of sulfone groups is 1. The van der Waals surface area contributed by atoms with Crippen molar-refractivity contribution in [2.45, 2.75) is 12.1 Å². The molecule has 0 bridgehead atoms. The summed E-state index contributed by atoms with van der Waals surface area (Å²) in [6.07, 6.45) is 0.554. The summed E-state index contributed by atoms with van der Waals surface area (Å²) >= 11 is 0. The van der Waals surface area contributed by atoms with Crippen LogP contribution in [-0.2, 0) is 9.84 Å². The van der Waals surface area contributed by atoms with Crippen molar-refractivity contribution in [3.8, 4) is 5.75 Å². The molecule has 1 N–H and O–H groups in total. The lowest BCUT2D eigenvalue weighted by molar-refractivity contribution is 0.0176. The Morgan fingerprint density at radius 3 is 2.79 bits per heavy atom. The minimum absolute atomic E-state index is 0.0777. The number of hydrogen-bond acceptors (Lipinski definition) is 5. The quantitative estimate of drug-likeness (QED) is 0.870.